The van der Waals surface area contributed by atoms with Crippen molar-refractivity contribution in [2.75, 3.05) is 13.6 Å². The predicted octanol–water partition coefficient (Wildman–Crippen LogP) is 0.441. The van der Waals surface area contributed by atoms with E-state index in [1.165, 1.54) is 4.90 Å². The first-order valence-corrected chi connectivity index (χ1v) is 3.48. The molecule has 1 rings (SSSR count). The van der Waals surface area contributed by atoms with Crippen LogP contribution in [0.25, 0.3) is 0 Å². The molecule has 1 fully saturated rings. The van der Waals surface area contributed by atoms with Crippen molar-refractivity contribution in [3.05, 3.63) is 12.2 Å². The smallest absolute Gasteiger partial charge is 0.323 e. The maximum Gasteiger partial charge on any atom is 0.323 e. The maximum atomic E-state index is 11.0. The topological polar surface area (TPSA) is 44.7 Å². The van der Waals surface area contributed by atoms with E-state index in [9.17, 15) is 4.79 Å². The third kappa shape index (κ3) is 1.37. The van der Waals surface area contributed by atoms with Crippen molar-refractivity contribution < 1.29 is 4.79 Å². The fourth-order valence-electron chi connectivity index (χ4n) is 0.851. The van der Waals surface area contributed by atoms with Gasteiger partial charge in [-0.15, -0.1) is 0 Å². The van der Waals surface area contributed by atoms with Gasteiger partial charge in [0.2, 0.25) is 0 Å². The zero-order valence-electron chi connectivity index (χ0n) is 6.16. The molecule has 60 valence electrons. The van der Waals surface area contributed by atoms with Gasteiger partial charge in [0.1, 0.15) is 5.84 Å². The molecule has 1 saturated heterocycles. The Bertz CT molecular complexity index is 236. The molecule has 0 aromatic heterocycles. The van der Waals surface area contributed by atoms with Crippen LogP contribution >= 0.6 is 12.8 Å². The van der Waals surface area contributed by atoms with Crippen LogP contribution in [0.1, 0.15) is 0 Å². The maximum absolute atomic E-state index is 11.0. The van der Waals surface area contributed by atoms with E-state index in [0.717, 1.165) is 5.57 Å². The number of carbonyl (C=O) groups is 1. The van der Waals surface area contributed by atoms with Crippen molar-refractivity contribution in [2.24, 2.45) is 4.40 Å². The lowest BCUT2D eigenvalue weighted by atomic mass is 10.2. The Labute approximate surface area is 70.5 Å². The Morgan fingerprint density at radius 3 is 2.91 bits per heavy atom. The normalized spacial score (nSPS) is 22.4. The number of nitrogens with one attached hydrogen (secondary N) is 1. The van der Waals surface area contributed by atoms with Gasteiger partial charge in [-0.1, -0.05) is 6.58 Å². The number of amidine groups is 1. The molecule has 1 aliphatic rings. The van der Waals surface area contributed by atoms with Gasteiger partial charge in [-0.25, -0.2) is 9.19 Å². The lowest BCUT2D eigenvalue weighted by Crippen LogP contribution is -2.48. The molecule has 0 unspecified atom stereocenters. The van der Waals surface area contributed by atoms with Gasteiger partial charge in [0, 0.05) is 19.2 Å². The summed E-state index contributed by atoms with van der Waals surface area (Å²) in [4.78, 5) is 12.3. The van der Waals surface area contributed by atoms with Crippen molar-refractivity contribution in [3.63, 3.8) is 0 Å². The number of carbonyl (C=O) groups excluding carboxylic acids is 1. The molecule has 0 bridgehead atoms. The summed E-state index contributed by atoms with van der Waals surface area (Å²) in [6.45, 7) is 4.16. The molecule has 2 amide bonds. The molecule has 0 aliphatic carbocycles. The Morgan fingerprint density at radius 2 is 2.45 bits per heavy atom. The molecule has 4 nitrogen and oxygen atoms in total. The van der Waals surface area contributed by atoms with E-state index in [2.05, 4.69) is 29.1 Å². The van der Waals surface area contributed by atoms with Gasteiger partial charge in [0.15, 0.2) is 0 Å². The fraction of sp³-hybridized carbons (Fsp3) is 0.333. The largest absolute Gasteiger partial charge is 0.333 e. The molecule has 0 spiro atoms. The highest BCUT2D eigenvalue weighted by molar-refractivity contribution is 7.79. The molecule has 0 aromatic rings. The van der Waals surface area contributed by atoms with Crippen molar-refractivity contribution in [3.8, 4) is 0 Å². The number of rotatable bonds is 0. The molecule has 1 heterocycles. The van der Waals surface area contributed by atoms with Crippen molar-refractivity contribution in [1.82, 2.24) is 10.2 Å². The van der Waals surface area contributed by atoms with Crippen LogP contribution in [-0.2, 0) is 0 Å². The summed E-state index contributed by atoms with van der Waals surface area (Å²) < 4.78 is 3.64. The average Bonchev–Trinajstić information content (AvgIpc) is 1.99. The molecule has 11 heavy (non-hydrogen) atoms. The van der Waals surface area contributed by atoms with Crippen LogP contribution < -0.4 is 5.32 Å². The Kier molecular flexibility index (Phi) is 2.19. The summed E-state index contributed by atoms with van der Waals surface area (Å²) in [5.74, 6) is 0.525. The number of urea groups is 1. The van der Waals surface area contributed by atoms with Crippen molar-refractivity contribution >= 4 is 24.7 Å². The fourth-order valence-corrected chi connectivity index (χ4v) is 1.13. The predicted molar refractivity (Wildman–Crippen MR) is 46.7 cm³/mol. The Hall–Kier alpha value is -0.970. The van der Waals surface area contributed by atoms with Crippen LogP contribution in [-0.4, -0.2) is 30.4 Å². The number of thiol groups is 1. The van der Waals surface area contributed by atoms with Crippen LogP contribution in [0.15, 0.2) is 16.5 Å². The summed E-state index contributed by atoms with van der Waals surface area (Å²) in [5, 5.41) is 2.62. The second kappa shape index (κ2) is 2.96. The van der Waals surface area contributed by atoms with Gasteiger partial charge in [-0.3, -0.25) is 4.90 Å². The average molecular weight is 171 g/mol. The van der Waals surface area contributed by atoms with Crippen LogP contribution in [0.4, 0.5) is 4.79 Å². The van der Waals surface area contributed by atoms with Gasteiger partial charge in [-0.05, 0) is 12.8 Å². The second-order valence-corrected chi connectivity index (χ2v) is 2.44. The Balaban J connectivity index is 2.89. The minimum Gasteiger partial charge on any atom is -0.333 e. The van der Waals surface area contributed by atoms with E-state index < -0.39 is 0 Å². The monoisotopic (exact) mass is 171 g/mol. The molecule has 0 radical (unpaired) electrons. The van der Waals surface area contributed by atoms with E-state index >= 15 is 0 Å². The third-order valence-corrected chi connectivity index (χ3v) is 1.68. The van der Waals surface area contributed by atoms with E-state index in [1.54, 1.807) is 7.05 Å². The minimum absolute atomic E-state index is 0.176. The van der Waals surface area contributed by atoms with Gasteiger partial charge >= 0.3 is 6.03 Å². The van der Waals surface area contributed by atoms with Crippen LogP contribution in [0.5, 0.6) is 0 Å². The molecule has 5 heteroatoms. The third-order valence-electron chi connectivity index (χ3n) is 1.49. The van der Waals surface area contributed by atoms with Crippen LogP contribution in [0.3, 0.4) is 0 Å². The summed E-state index contributed by atoms with van der Waals surface area (Å²) in [6.07, 6.45) is 0. The van der Waals surface area contributed by atoms with Crippen LogP contribution in [0, 0.1) is 0 Å². The summed E-state index contributed by atoms with van der Waals surface area (Å²) in [7, 11) is 1.62. The van der Waals surface area contributed by atoms with Crippen molar-refractivity contribution in [1.29, 1.82) is 0 Å². The summed E-state index contributed by atoms with van der Waals surface area (Å²) >= 11 is 3.73. The quantitative estimate of drug-likeness (QED) is 0.510. The first-order chi connectivity index (χ1) is 5.16. The first-order valence-electron chi connectivity index (χ1n) is 3.08. The van der Waals surface area contributed by atoms with E-state index in [-0.39, 0.29) is 6.03 Å². The molecule has 0 aromatic carbocycles. The summed E-state index contributed by atoms with van der Waals surface area (Å²) in [5.41, 5.74) is 0.766. The second-order valence-electron chi connectivity index (χ2n) is 2.24. The van der Waals surface area contributed by atoms with Gasteiger partial charge in [-0.2, -0.15) is 0 Å². The number of hydrogen-bond acceptors (Lipinski definition) is 3. The number of likely N-dealkylation sites (N-methyl/N-ethyl adjacent to an activating group) is 1. The highest BCUT2D eigenvalue weighted by Crippen LogP contribution is 2.06. The zero-order valence-corrected chi connectivity index (χ0v) is 7.06. The number of nitrogens with zero attached hydrogens (tertiary/aromatic N) is 2. The molecular weight excluding hydrogens is 162 g/mol. The highest BCUT2D eigenvalue weighted by atomic mass is 32.1. The highest BCUT2D eigenvalue weighted by Gasteiger charge is 2.22. The zero-order chi connectivity index (χ0) is 8.43. The Morgan fingerprint density at radius 1 is 1.82 bits per heavy atom. The standard InChI is InChI=1S/C6H9N3OS/c1-4-3-7-6(10)9(2)5(4)8-11/h11H,1,3H2,2H3,(H,7,10)/b8-5+. The summed E-state index contributed by atoms with van der Waals surface area (Å²) in [6, 6.07) is -0.176. The molecular formula is C6H9N3OS. The molecule has 0 atom stereocenters. The first kappa shape index (κ1) is 8.13. The van der Waals surface area contributed by atoms with E-state index in [4.69, 9.17) is 0 Å². The SMILES string of the molecule is C=C1CNC(=O)N(C)/C1=N/S. The molecule has 1 aliphatic heterocycles. The minimum atomic E-state index is -0.176. The van der Waals surface area contributed by atoms with E-state index in [0.29, 0.717) is 12.4 Å². The lowest BCUT2D eigenvalue weighted by molar-refractivity contribution is 0.225. The van der Waals surface area contributed by atoms with Gasteiger partial charge in [0.25, 0.3) is 0 Å². The number of amides is 2. The molecule has 0 saturated carbocycles. The van der Waals surface area contributed by atoms with Gasteiger partial charge < -0.3 is 5.32 Å². The molecule has 1 N–H and O–H groups in total. The lowest BCUT2D eigenvalue weighted by Gasteiger charge is -2.25. The van der Waals surface area contributed by atoms with Crippen molar-refractivity contribution in [2.45, 2.75) is 0 Å². The van der Waals surface area contributed by atoms with Crippen LogP contribution in [0.2, 0.25) is 0 Å². The van der Waals surface area contributed by atoms with Gasteiger partial charge in [0.05, 0.1) is 0 Å². The number of hydrogen-bond donors (Lipinski definition) is 2. The van der Waals surface area contributed by atoms with E-state index in [1.807, 2.05) is 0 Å².